The first-order valence-electron chi connectivity index (χ1n) is 6.89. The third-order valence-corrected chi connectivity index (χ3v) is 3.85. The van der Waals surface area contributed by atoms with E-state index in [9.17, 15) is 23.1 Å². The van der Waals surface area contributed by atoms with Gasteiger partial charge < -0.3 is 10.0 Å². The lowest BCUT2D eigenvalue weighted by Crippen LogP contribution is -2.45. The Hall–Kier alpha value is -1.56. The molecule has 0 radical (unpaired) electrons. The number of hydrogen-bond acceptors (Lipinski definition) is 2. The van der Waals surface area contributed by atoms with Crippen molar-refractivity contribution in [2.24, 2.45) is 5.92 Å². The van der Waals surface area contributed by atoms with Gasteiger partial charge in [-0.15, -0.1) is 0 Å². The molecule has 3 nitrogen and oxygen atoms in total. The summed E-state index contributed by atoms with van der Waals surface area (Å²) >= 11 is 0. The first kappa shape index (κ1) is 15.8. The van der Waals surface area contributed by atoms with Crippen LogP contribution < -0.4 is 0 Å². The van der Waals surface area contributed by atoms with Gasteiger partial charge in [-0.3, -0.25) is 4.79 Å². The molecule has 116 valence electrons. The second-order valence-corrected chi connectivity index (χ2v) is 5.54. The van der Waals surface area contributed by atoms with Crippen molar-refractivity contribution in [3.63, 3.8) is 0 Å². The monoisotopic (exact) mass is 301 g/mol. The van der Waals surface area contributed by atoms with Gasteiger partial charge in [0.1, 0.15) is 0 Å². The summed E-state index contributed by atoms with van der Waals surface area (Å²) < 4.78 is 37.4. The Morgan fingerprint density at radius 2 is 1.95 bits per heavy atom. The average molecular weight is 301 g/mol. The predicted molar refractivity (Wildman–Crippen MR) is 71.5 cm³/mol. The van der Waals surface area contributed by atoms with E-state index in [-0.39, 0.29) is 24.3 Å². The van der Waals surface area contributed by atoms with Crippen molar-refractivity contribution >= 4 is 5.91 Å². The van der Waals surface area contributed by atoms with E-state index in [0.29, 0.717) is 25.1 Å². The van der Waals surface area contributed by atoms with Crippen LogP contribution in [0.3, 0.4) is 0 Å². The number of piperidine rings is 1. The molecule has 0 aliphatic carbocycles. The minimum absolute atomic E-state index is 0.0234. The first-order chi connectivity index (χ1) is 9.77. The molecule has 0 saturated carbocycles. The molecule has 1 aromatic rings. The number of amides is 1. The normalized spacial score (nSPS) is 23.2. The molecule has 1 aliphatic heterocycles. The van der Waals surface area contributed by atoms with Crippen molar-refractivity contribution < 1.29 is 23.1 Å². The van der Waals surface area contributed by atoms with Gasteiger partial charge in [0, 0.05) is 13.1 Å². The maximum Gasteiger partial charge on any atom is 0.416 e. The molecule has 0 spiro atoms. The molecule has 1 heterocycles. The molecule has 1 saturated heterocycles. The number of aliphatic hydroxyl groups excluding tert-OH is 1. The number of halogens is 3. The molecular formula is C15H18F3NO2. The molecule has 6 heteroatoms. The maximum atomic E-state index is 12.5. The maximum absolute atomic E-state index is 12.5. The van der Waals surface area contributed by atoms with Crippen molar-refractivity contribution in [3.8, 4) is 0 Å². The van der Waals surface area contributed by atoms with Crippen molar-refractivity contribution in [2.75, 3.05) is 13.1 Å². The van der Waals surface area contributed by atoms with Crippen molar-refractivity contribution in [2.45, 2.75) is 32.0 Å². The van der Waals surface area contributed by atoms with Crippen LogP contribution in [0, 0.1) is 5.92 Å². The zero-order valence-corrected chi connectivity index (χ0v) is 11.7. The SMILES string of the molecule is CC1CN(C(=O)Cc2ccc(C(F)(F)F)cc2)CCC1O. The number of alkyl halides is 3. The van der Waals surface area contributed by atoms with Crippen LogP contribution in [0.5, 0.6) is 0 Å². The van der Waals surface area contributed by atoms with Gasteiger partial charge in [0.05, 0.1) is 18.1 Å². The zero-order valence-electron chi connectivity index (χ0n) is 11.7. The van der Waals surface area contributed by atoms with Crippen LogP contribution in [0.4, 0.5) is 13.2 Å². The smallest absolute Gasteiger partial charge is 0.393 e. The molecular weight excluding hydrogens is 283 g/mol. The highest BCUT2D eigenvalue weighted by molar-refractivity contribution is 5.78. The summed E-state index contributed by atoms with van der Waals surface area (Å²) in [6, 6.07) is 4.66. The Morgan fingerprint density at radius 3 is 2.48 bits per heavy atom. The standard InChI is InChI=1S/C15H18F3NO2/c1-10-9-19(7-6-13(10)20)14(21)8-11-2-4-12(5-3-11)15(16,17)18/h2-5,10,13,20H,6-9H2,1H3. The lowest BCUT2D eigenvalue weighted by Gasteiger charge is -2.34. The van der Waals surface area contributed by atoms with Gasteiger partial charge in [-0.2, -0.15) is 13.2 Å². The van der Waals surface area contributed by atoms with E-state index in [4.69, 9.17) is 0 Å². The summed E-state index contributed by atoms with van der Waals surface area (Å²) in [5, 5.41) is 9.63. The van der Waals surface area contributed by atoms with E-state index in [1.54, 1.807) is 4.90 Å². The van der Waals surface area contributed by atoms with E-state index in [2.05, 4.69) is 0 Å². The Morgan fingerprint density at radius 1 is 1.33 bits per heavy atom. The Balaban J connectivity index is 1.97. The van der Waals surface area contributed by atoms with Crippen LogP contribution in [0.2, 0.25) is 0 Å². The van der Waals surface area contributed by atoms with E-state index < -0.39 is 11.7 Å². The molecule has 21 heavy (non-hydrogen) atoms. The quantitative estimate of drug-likeness (QED) is 0.911. The van der Waals surface area contributed by atoms with Gasteiger partial charge in [0.2, 0.25) is 5.91 Å². The Kier molecular flexibility index (Phi) is 4.56. The highest BCUT2D eigenvalue weighted by atomic mass is 19.4. The molecule has 1 aliphatic rings. The highest BCUT2D eigenvalue weighted by Gasteiger charge is 2.30. The first-order valence-corrected chi connectivity index (χ1v) is 6.89. The summed E-state index contributed by atoms with van der Waals surface area (Å²) in [6.07, 6.45) is -4.12. The fourth-order valence-electron chi connectivity index (χ4n) is 2.46. The molecule has 1 aromatic carbocycles. The lowest BCUT2D eigenvalue weighted by molar-refractivity contribution is -0.137. The summed E-state index contributed by atoms with van der Waals surface area (Å²) in [5.41, 5.74) is -0.153. The number of rotatable bonds is 2. The molecule has 0 aromatic heterocycles. The summed E-state index contributed by atoms with van der Waals surface area (Å²) in [4.78, 5) is 13.8. The number of nitrogens with zero attached hydrogens (tertiary/aromatic N) is 1. The average Bonchev–Trinajstić information content (AvgIpc) is 2.41. The second kappa shape index (κ2) is 6.05. The van der Waals surface area contributed by atoms with E-state index in [0.717, 1.165) is 12.1 Å². The van der Waals surface area contributed by atoms with Crippen molar-refractivity contribution in [3.05, 3.63) is 35.4 Å². The number of aliphatic hydroxyl groups is 1. The van der Waals surface area contributed by atoms with Crippen LogP contribution >= 0.6 is 0 Å². The lowest BCUT2D eigenvalue weighted by atomic mass is 9.96. The van der Waals surface area contributed by atoms with Crippen LogP contribution in [-0.2, 0) is 17.4 Å². The number of benzene rings is 1. The minimum Gasteiger partial charge on any atom is -0.393 e. The number of likely N-dealkylation sites (tertiary alicyclic amines) is 1. The van der Waals surface area contributed by atoms with Gasteiger partial charge in [-0.25, -0.2) is 0 Å². The third kappa shape index (κ3) is 3.97. The summed E-state index contributed by atoms with van der Waals surface area (Å²) in [5.74, 6) is -0.0937. The van der Waals surface area contributed by atoms with E-state index in [1.807, 2.05) is 6.92 Å². The fourth-order valence-corrected chi connectivity index (χ4v) is 2.46. The molecule has 1 fully saturated rings. The fraction of sp³-hybridized carbons (Fsp3) is 0.533. The van der Waals surface area contributed by atoms with Gasteiger partial charge in [0.25, 0.3) is 0 Å². The second-order valence-electron chi connectivity index (χ2n) is 5.54. The largest absolute Gasteiger partial charge is 0.416 e. The van der Waals surface area contributed by atoms with Crippen LogP contribution in [0.15, 0.2) is 24.3 Å². The van der Waals surface area contributed by atoms with E-state index >= 15 is 0 Å². The number of hydrogen-bond donors (Lipinski definition) is 1. The Labute approximate surface area is 121 Å². The highest BCUT2D eigenvalue weighted by Crippen LogP contribution is 2.29. The van der Waals surface area contributed by atoms with Gasteiger partial charge >= 0.3 is 6.18 Å². The number of carbonyl (C=O) groups is 1. The molecule has 1 amide bonds. The number of carbonyl (C=O) groups excluding carboxylic acids is 1. The molecule has 2 atom stereocenters. The van der Waals surface area contributed by atoms with Crippen LogP contribution in [0.1, 0.15) is 24.5 Å². The molecule has 1 N–H and O–H groups in total. The van der Waals surface area contributed by atoms with Crippen LogP contribution in [0.25, 0.3) is 0 Å². The van der Waals surface area contributed by atoms with Crippen molar-refractivity contribution in [1.82, 2.24) is 4.90 Å². The van der Waals surface area contributed by atoms with Crippen molar-refractivity contribution in [1.29, 1.82) is 0 Å². The predicted octanol–water partition coefficient (Wildman–Crippen LogP) is 2.48. The summed E-state index contributed by atoms with van der Waals surface area (Å²) in [7, 11) is 0. The van der Waals surface area contributed by atoms with Crippen LogP contribution in [-0.4, -0.2) is 35.1 Å². The van der Waals surface area contributed by atoms with E-state index in [1.165, 1.54) is 12.1 Å². The molecule has 0 bridgehead atoms. The summed E-state index contributed by atoms with van der Waals surface area (Å²) in [6.45, 7) is 2.86. The topological polar surface area (TPSA) is 40.5 Å². The van der Waals surface area contributed by atoms with Gasteiger partial charge in [0.15, 0.2) is 0 Å². The van der Waals surface area contributed by atoms with Gasteiger partial charge in [-0.1, -0.05) is 19.1 Å². The van der Waals surface area contributed by atoms with Gasteiger partial charge in [-0.05, 0) is 30.0 Å². The zero-order chi connectivity index (χ0) is 15.6. The third-order valence-electron chi connectivity index (χ3n) is 3.85. The minimum atomic E-state index is -4.36. The molecule has 2 rings (SSSR count). The molecule has 2 unspecified atom stereocenters. The Bertz CT molecular complexity index is 499.